The minimum Gasteiger partial charge on any atom is -0.309 e. The van der Waals surface area contributed by atoms with Crippen molar-refractivity contribution >= 4 is 64.5 Å². The second kappa shape index (κ2) is 8.06. The average molecular weight is 547 g/mol. The van der Waals surface area contributed by atoms with Crippen LogP contribution in [0.1, 0.15) is 25.0 Å². The molecule has 1 heterocycles. The number of hydrogen-bond donors (Lipinski definition) is 0. The van der Waals surface area contributed by atoms with Gasteiger partial charge in [-0.05, 0) is 70.8 Å². The second-order valence-corrected chi connectivity index (χ2v) is 11.9. The third-order valence-electron chi connectivity index (χ3n) is 7.53. The summed E-state index contributed by atoms with van der Waals surface area (Å²) in [5, 5.41) is 2.63. The van der Waals surface area contributed by atoms with Crippen molar-refractivity contribution in [1.82, 2.24) is 0 Å². The SMILES string of the molecule is CC1(C)c2ccccc2-c2ccc(N(c3ccc(Br)cc3)c3cccc4c3sc3ccccc34)cc21. The molecule has 0 radical (unpaired) electrons. The molecular weight excluding hydrogens is 522 g/mol. The minimum atomic E-state index is -0.0447. The molecule has 0 saturated carbocycles. The molecule has 0 spiro atoms. The molecule has 0 N–H and O–H groups in total. The highest BCUT2D eigenvalue weighted by Crippen LogP contribution is 2.51. The van der Waals surface area contributed by atoms with Gasteiger partial charge in [0.15, 0.2) is 0 Å². The van der Waals surface area contributed by atoms with Crippen molar-refractivity contribution in [2.45, 2.75) is 19.3 Å². The van der Waals surface area contributed by atoms with Crippen LogP contribution in [0.2, 0.25) is 0 Å². The van der Waals surface area contributed by atoms with Crippen LogP contribution in [-0.2, 0) is 5.41 Å². The summed E-state index contributed by atoms with van der Waals surface area (Å²) in [5.41, 5.74) is 8.98. The van der Waals surface area contributed by atoms with Gasteiger partial charge in [-0.1, -0.05) is 90.4 Å². The molecule has 0 fully saturated rings. The molecule has 1 aliphatic rings. The van der Waals surface area contributed by atoms with Gasteiger partial charge in [-0.25, -0.2) is 0 Å². The highest BCUT2D eigenvalue weighted by molar-refractivity contribution is 9.10. The van der Waals surface area contributed by atoms with Crippen molar-refractivity contribution in [2.24, 2.45) is 0 Å². The van der Waals surface area contributed by atoms with E-state index in [1.807, 2.05) is 11.3 Å². The zero-order valence-corrected chi connectivity index (χ0v) is 22.5. The monoisotopic (exact) mass is 545 g/mol. The first-order chi connectivity index (χ1) is 17.5. The van der Waals surface area contributed by atoms with E-state index in [-0.39, 0.29) is 5.41 Å². The summed E-state index contributed by atoms with van der Waals surface area (Å²) >= 11 is 5.50. The number of halogens is 1. The first-order valence-corrected chi connectivity index (χ1v) is 13.8. The third kappa shape index (κ3) is 3.20. The summed E-state index contributed by atoms with van der Waals surface area (Å²) in [6.07, 6.45) is 0. The third-order valence-corrected chi connectivity index (χ3v) is 9.27. The highest BCUT2D eigenvalue weighted by atomic mass is 79.9. The van der Waals surface area contributed by atoms with Crippen molar-refractivity contribution < 1.29 is 0 Å². The lowest BCUT2D eigenvalue weighted by molar-refractivity contribution is 0.660. The quantitative estimate of drug-likeness (QED) is 0.213. The predicted molar refractivity (Wildman–Crippen MR) is 159 cm³/mol. The standard InChI is InChI=1S/C33H24BrNS/c1-33(2)28-11-5-3-8-24(28)25-19-18-23(20-29(25)33)35(22-16-14-21(34)15-17-22)30-12-7-10-27-26-9-4-6-13-31(26)36-32(27)30/h3-20H,1-2H3. The molecule has 0 aliphatic heterocycles. The van der Waals surface area contributed by atoms with Crippen molar-refractivity contribution in [3.8, 4) is 11.1 Å². The molecule has 1 aromatic heterocycles. The van der Waals surface area contributed by atoms with Crippen LogP contribution in [0.3, 0.4) is 0 Å². The van der Waals surface area contributed by atoms with Crippen LogP contribution in [-0.4, -0.2) is 0 Å². The number of benzene rings is 5. The number of nitrogens with zero attached hydrogens (tertiary/aromatic N) is 1. The molecule has 7 rings (SSSR count). The van der Waals surface area contributed by atoms with E-state index in [1.54, 1.807) is 0 Å². The lowest BCUT2D eigenvalue weighted by Crippen LogP contribution is -2.16. The minimum absolute atomic E-state index is 0.0447. The predicted octanol–water partition coefficient (Wildman–Crippen LogP) is 10.6. The number of anilines is 3. The molecule has 6 aromatic rings. The van der Waals surface area contributed by atoms with E-state index in [4.69, 9.17) is 0 Å². The fourth-order valence-corrected chi connectivity index (χ4v) is 7.23. The second-order valence-electron chi connectivity index (χ2n) is 9.96. The average Bonchev–Trinajstić information content (AvgIpc) is 3.39. The summed E-state index contributed by atoms with van der Waals surface area (Å²) in [4.78, 5) is 2.42. The van der Waals surface area contributed by atoms with Crippen LogP contribution in [0.15, 0.2) is 114 Å². The van der Waals surface area contributed by atoms with Crippen LogP contribution in [0.25, 0.3) is 31.3 Å². The van der Waals surface area contributed by atoms with Crippen molar-refractivity contribution in [3.05, 3.63) is 125 Å². The molecule has 1 nitrogen and oxygen atoms in total. The van der Waals surface area contributed by atoms with E-state index in [0.717, 1.165) is 10.2 Å². The van der Waals surface area contributed by atoms with Crippen molar-refractivity contribution in [2.75, 3.05) is 4.90 Å². The summed E-state index contributed by atoms with van der Waals surface area (Å²) < 4.78 is 3.71. The molecule has 1 aliphatic carbocycles. The van der Waals surface area contributed by atoms with E-state index in [1.165, 1.54) is 53.8 Å². The maximum atomic E-state index is 3.63. The summed E-state index contributed by atoms with van der Waals surface area (Å²) in [6, 6.07) is 39.9. The maximum Gasteiger partial charge on any atom is 0.0640 e. The summed E-state index contributed by atoms with van der Waals surface area (Å²) in [6.45, 7) is 4.69. The Bertz CT molecular complexity index is 1780. The van der Waals surface area contributed by atoms with Gasteiger partial charge in [0.25, 0.3) is 0 Å². The largest absolute Gasteiger partial charge is 0.309 e. The number of fused-ring (bicyclic) bond motifs is 6. The van der Waals surface area contributed by atoms with Gasteiger partial charge < -0.3 is 4.90 Å². The Balaban J connectivity index is 1.49. The van der Waals surface area contributed by atoms with Crippen molar-refractivity contribution in [1.29, 1.82) is 0 Å². The molecule has 3 heteroatoms. The van der Waals surface area contributed by atoms with Gasteiger partial charge in [0.05, 0.1) is 10.4 Å². The van der Waals surface area contributed by atoms with Gasteiger partial charge in [0.1, 0.15) is 0 Å². The first-order valence-electron chi connectivity index (χ1n) is 12.2. The smallest absolute Gasteiger partial charge is 0.0640 e. The van der Waals surface area contributed by atoms with Crippen LogP contribution < -0.4 is 4.90 Å². The molecule has 0 bridgehead atoms. The Labute approximate surface area is 223 Å². The summed E-state index contributed by atoms with van der Waals surface area (Å²) in [7, 11) is 0. The molecule has 36 heavy (non-hydrogen) atoms. The number of rotatable bonds is 3. The maximum absolute atomic E-state index is 3.63. The van der Waals surface area contributed by atoms with E-state index in [2.05, 4.69) is 144 Å². The van der Waals surface area contributed by atoms with E-state index >= 15 is 0 Å². The van der Waals surface area contributed by atoms with Crippen LogP contribution >= 0.6 is 27.3 Å². The number of hydrogen-bond acceptors (Lipinski definition) is 2. The van der Waals surface area contributed by atoms with E-state index in [0.29, 0.717) is 0 Å². The lowest BCUT2D eigenvalue weighted by atomic mass is 9.82. The normalized spacial score (nSPS) is 13.6. The van der Waals surface area contributed by atoms with Crippen LogP contribution in [0.4, 0.5) is 17.1 Å². The van der Waals surface area contributed by atoms with Gasteiger partial charge in [0, 0.05) is 36.7 Å². The van der Waals surface area contributed by atoms with E-state index < -0.39 is 0 Å². The Morgan fingerprint density at radius 3 is 2.19 bits per heavy atom. The number of thiophene rings is 1. The first kappa shape index (κ1) is 21.8. The molecular formula is C33H24BrNS. The van der Waals surface area contributed by atoms with Crippen LogP contribution in [0, 0.1) is 0 Å². The molecule has 0 atom stereocenters. The van der Waals surface area contributed by atoms with Gasteiger partial charge in [0.2, 0.25) is 0 Å². The molecule has 0 saturated heterocycles. The Morgan fingerprint density at radius 1 is 0.639 bits per heavy atom. The molecule has 0 unspecified atom stereocenters. The molecule has 174 valence electrons. The van der Waals surface area contributed by atoms with E-state index in [9.17, 15) is 0 Å². The van der Waals surface area contributed by atoms with Gasteiger partial charge in [-0.3, -0.25) is 0 Å². The van der Waals surface area contributed by atoms with Crippen molar-refractivity contribution in [3.63, 3.8) is 0 Å². The summed E-state index contributed by atoms with van der Waals surface area (Å²) in [5.74, 6) is 0. The Morgan fingerprint density at radius 2 is 1.33 bits per heavy atom. The zero-order valence-electron chi connectivity index (χ0n) is 20.1. The fraction of sp³-hybridized carbons (Fsp3) is 0.0909. The van der Waals surface area contributed by atoms with Gasteiger partial charge in [-0.15, -0.1) is 11.3 Å². The van der Waals surface area contributed by atoms with Gasteiger partial charge in [-0.2, -0.15) is 0 Å². The Hall–Kier alpha value is -3.40. The molecule has 5 aromatic carbocycles. The highest BCUT2D eigenvalue weighted by Gasteiger charge is 2.35. The fourth-order valence-electron chi connectivity index (χ4n) is 5.76. The zero-order chi connectivity index (χ0) is 24.4. The Kier molecular flexibility index (Phi) is 4.89. The topological polar surface area (TPSA) is 3.24 Å². The van der Waals surface area contributed by atoms with Gasteiger partial charge >= 0.3 is 0 Å². The molecule has 0 amide bonds. The van der Waals surface area contributed by atoms with Crippen LogP contribution in [0.5, 0.6) is 0 Å². The lowest BCUT2D eigenvalue weighted by Gasteiger charge is -2.28.